The first-order chi connectivity index (χ1) is 11.3. The molecule has 1 amide bonds. The largest absolute Gasteiger partial charge is 0.444 e. The van der Waals surface area contributed by atoms with Gasteiger partial charge in [-0.25, -0.2) is 4.79 Å². The van der Waals surface area contributed by atoms with Crippen molar-refractivity contribution >= 4 is 17.7 Å². The number of hydrogen-bond donors (Lipinski definition) is 2. The third-order valence-electron chi connectivity index (χ3n) is 3.74. The van der Waals surface area contributed by atoms with E-state index in [1.807, 2.05) is 51.1 Å². The van der Waals surface area contributed by atoms with Gasteiger partial charge in [0, 0.05) is 25.3 Å². The van der Waals surface area contributed by atoms with Crippen LogP contribution in [0.4, 0.5) is 10.5 Å². The van der Waals surface area contributed by atoms with E-state index in [0.717, 1.165) is 25.1 Å². The number of nitrogens with one attached hydrogen (secondary N) is 1. The van der Waals surface area contributed by atoms with Crippen LogP contribution >= 0.6 is 0 Å². The predicted molar refractivity (Wildman–Crippen MR) is 97.1 cm³/mol. The number of likely N-dealkylation sites (tertiary alicyclic amines) is 1. The van der Waals surface area contributed by atoms with Crippen molar-refractivity contribution in [3.05, 3.63) is 30.3 Å². The number of carbonyl (C=O) groups is 1. The van der Waals surface area contributed by atoms with Gasteiger partial charge in [-0.15, -0.1) is 0 Å². The van der Waals surface area contributed by atoms with Crippen molar-refractivity contribution in [2.24, 2.45) is 16.6 Å². The van der Waals surface area contributed by atoms with Crippen molar-refractivity contribution in [1.29, 1.82) is 0 Å². The van der Waals surface area contributed by atoms with E-state index < -0.39 is 5.60 Å². The second-order valence-electron chi connectivity index (χ2n) is 7.15. The summed E-state index contributed by atoms with van der Waals surface area (Å²) in [5, 5.41) is 3.07. The first-order valence-electron chi connectivity index (χ1n) is 8.43. The van der Waals surface area contributed by atoms with Crippen molar-refractivity contribution in [3.8, 4) is 0 Å². The number of anilines is 1. The van der Waals surface area contributed by atoms with E-state index in [-0.39, 0.29) is 6.09 Å². The molecule has 1 saturated heterocycles. The molecule has 0 aromatic heterocycles. The fraction of sp³-hybridized carbons (Fsp3) is 0.556. The summed E-state index contributed by atoms with van der Waals surface area (Å²) >= 11 is 0. The van der Waals surface area contributed by atoms with E-state index in [4.69, 9.17) is 10.5 Å². The lowest BCUT2D eigenvalue weighted by Crippen LogP contribution is -2.43. The number of nitrogens with zero attached hydrogens (tertiary/aromatic N) is 2. The smallest absolute Gasteiger partial charge is 0.410 e. The molecular weight excluding hydrogens is 304 g/mol. The number of guanidine groups is 1. The summed E-state index contributed by atoms with van der Waals surface area (Å²) in [6.45, 7) is 7.65. The average Bonchev–Trinajstić information content (AvgIpc) is 2.53. The van der Waals surface area contributed by atoms with Gasteiger partial charge in [0.1, 0.15) is 5.60 Å². The molecule has 3 N–H and O–H groups in total. The highest BCUT2D eigenvalue weighted by molar-refractivity contribution is 5.92. The molecule has 1 heterocycles. The maximum Gasteiger partial charge on any atom is 0.410 e. The molecular formula is C18H28N4O2. The Hall–Kier alpha value is -2.24. The Morgan fingerprint density at radius 1 is 1.38 bits per heavy atom. The van der Waals surface area contributed by atoms with E-state index in [1.165, 1.54) is 0 Å². The number of piperidine rings is 1. The number of amides is 1. The van der Waals surface area contributed by atoms with E-state index in [2.05, 4.69) is 10.3 Å². The summed E-state index contributed by atoms with van der Waals surface area (Å²) in [5.41, 5.74) is 6.38. The highest BCUT2D eigenvalue weighted by atomic mass is 16.6. The molecule has 6 heteroatoms. The average molecular weight is 332 g/mol. The normalized spacial score (nSPS) is 19.0. The van der Waals surface area contributed by atoms with E-state index in [1.54, 1.807) is 4.90 Å². The lowest BCUT2D eigenvalue weighted by Gasteiger charge is -2.33. The topological polar surface area (TPSA) is 80.0 Å². The molecule has 132 valence electrons. The second kappa shape index (κ2) is 8.04. The number of nitrogens with two attached hydrogens (primary N) is 1. The van der Waals surface area contributed by atoms with Crippen LogP contribution in [0.2, 0.25) is 0 Å². The van der Waals surface area contributed by atoms with Gasteiger partial charge in [0.25, 0.3) is 0 Å². The molecule has 1 aliphatic rings. The molecule has 1 fully saturated rings. The summed E-state index contributed by atoms with van der Waals surface area (Å²) < 4.78 is 5.44. The number of ether oxygens (including phenoxy) is 1. The molecule has 0 spiro atoms. The van der Waals surface area contributed by atoms with Gasteiger partial charge >= 0.3 is 6.09 Å². The van der Waals surface area contributed by atoms with Gasteiger partial charge in [0.15, 0.2) is 5.96 Å². The first-order valence-corrected chi connectivity index (χ1v) is 8.43. The van der Waals surface area contributed by atoms with Crippen LogP contribution in [-0.2, 0) is 4.74 Å². The zero-order valence-corrected chi connectivity index (χ0v) is 14.8. The van der Waals surface area contributed by atoms with Gasteiger partial charge in [-0.2, -0.15) is 0 Å². The van der Waals surface area contributed by atoms with Gasteiger partial charge in [-0.3, -0.25) is 4.99 Å². The van der Waals surface area contributed by atoms with Gasteiger partial charge in [-0.1, -0.05) is 18.2 Å². The van der Waals surface area contributed by atoms with Gasteiger partial charge in [0.2, 0.25) is 0 Å². The summed E-state index contributed by atoms with van der Waals surface area (Å²) in [4.78, 5) is 18.4. The molecule has 0 radical (unpaired) electrons. The van der Waals surface area contributed by atoms with Gasteiger partial charge in [-0.05, 0) is 51.7 Å². The Balaban J connectivity index is 1.84. The minimum atomic E-state index is -0.466. The molecule has 1 aliphatic heterocycles. The fourth-order valence-corrected chi connectivity index (χ4v) is 2.64. The van der Waals surface area contributed by atoms with Crippen LogP contribution in [0.15, 0.2) is 35.3 Å². The summed E-state index contributed by atoms with van der Waals surface area (Å²) in [7, 11) is 0. The number of carbonyl (C=O) groups excluding carboxylic acids is 1. The molecule has 1 atom stereocenters. The molecule has 6 nitrogen and oxygen atoms in total. The second-order valence-corrected chi connectivity index (χ2v) is 7.15. The Bertz CT molecular complexity index is 566. The molecule has 24 heavy (non-hydrogen) atoms. The van der Waals surface area contributed by atoms with Crippen LogP contribution in [0.25, 0.3) is 0 Å². The van der Waals surface area contributed by atoms with E-state index >= 15 is 0 Å². The quantitative estimate of drug-likeness (QED) is 0.658. The Labute approximate surface area is 144 Å². The third kappa shape index (κ3) is 6.10. The van der Waals surface area contributed by atoms with Gasteiger partial charge < -0.3 is 20.7 Å². The SMILES string of the molecule is CC(C)(C)OC(=O)N1CCCC(CN=C(N)Nc2ccccc2)C1. The number of hydrogen-bond acceptors (Lipinski definition) is 3. The van der Waals surface area contributed by atoms with Crippen molar-refractivity contribution in [3.63, 3.8) is 0 Å². The van der Waals surface area contributed by atoms with Crippen molar-refractivity contribution in [1.82, 2.24) is 4.90 Å². The molecule has 2 rings (SSSR count). The molecule has 0 bridgehead atoms. The minimum Gasteiger partial charge on any atom is -0.444 e. The van der Waals surface area contributed by atoms with E-state index in [9.17, 15) is 4.79 Å². The highest BCUT2D eigenvalue weighted by Gasteiger charge is 2.27. The first kappa shape index (κ1) is 18.1. The standard InChI is InChI=1S/C18H28N4O2/c1-18(2,3)24-17(23)22-11-7-8-14(13-22)12-20-16(19)21-15-9-5-4-6-10-15/h4-6,9-10,14H,7-8,11-13H2,1-3H3,(H3,19,20,21). The highest BCUT2D eigenvalue weighted by Crippen LogP contribution is 2.19. The summed E-state index contributed by atoms with van der Waals surface area (Å²) in [5.74, 6) is 0.706. The zero-order valence-electron chi connectivity index (χ0n) is 14.8. The Kier molecular flexibility index (Phi) is 6.06. The molecule has 0 saturated carbocycles. The van der Waals surface area contributed by atoms with Crippen LogP contribution in [0.1, 0.15) is 33.6 Å². The monoisotopic (exact) mass is 332 g/mol. The Morgan fingerprint density at radius 3 is 2.75 bits per heavy atom. The van der Waals surface area contributed by atoms with Gasteiger partial charge in [0.05, 0.1) is 0 Å². The van der Waals surface area contributed by atoms with Crippen molar-refractivity contribution < 1.29 is 9.53 Å². The number of para-hydroxylation sites is 1. The van der Waals surface area contributed by atoms with Crippen LogP contribution < -0.4 is 11.1 Å². The third-order valence-corrected chi connectivity index (χ3v) is 3.74. The van der Waals surface area contributed by atoms with Crippen LogP contribution in [0.3, 0.4) is 0 Å². The predicted octanol–water partition coefficient (Wildman–Crippen LogP) is 3.06. The number of benzene rings is 1. The molecule has 0 aliphatic carbocycles. The molecule has 1 aromatic rings. The fourth-order valence-electron chi connectivity index (χ4n) is 2.64. The maximum absolute atomic E-state index is 12.2. The lowest BCUT2D eigenvalue weighted by atomic mass is 9.98. The van der Waals surface area contributed by atoms with Crippen LogP contribution in [0, 0.1) is 5.92 Å². The summed E-state index contributed by atoms with van der Waals surface area (Å²) in [6.07, 6.45) is 1.76. The number of aliphatic imine (C=N–C) groups is 1. The Morgan fingerprint density at radius 2 is 2.08 bits per heavy atom. The number of rotatable bonds is 3. The molecule has 1 unspecified atom stereocenters. The lowest BCUT2D eigenvalue weighted by molar-refractivity contribution is 0.0171. The maximum atomic E-state index is 12.2. The van der Waals surface area contributed by atoms with Crippen molar-refractivity contribution in [2.75, 3.05) is 25.0 Å². The van der Waals surface area contributed by atoms with Crippen LogP contribution in [0.5, 0.6) is 0 Å². The summed E-state index contributed by atoms with van der Waals surface area (Å²) in [6, 6.07) is 9.71. The zero-order chi connectivity index (χ0) is 17.6. The minimum absolute atomic E-state index is 0.244. The van der Waals surface area contributed by atoms with Crippen molar-refractivity contribution in [2.45, 2.75) is 39.2 Å². The van der Waals surface area contributed by atoms with Crippen LogP contribution in [-0.4, -0.2) is 42.2 Å². The van der Waals surface area contributed by atoms with E-state index in [0.29, 0.717) is 25.0 Å². The molecule has 1 aromatic carbocycles.